The molecule has 0 fully saturated rings. The van der Waals surface area contributed by atoms with Crippen LogP contribution in [0.5, 0.6) is 0 Å². The minimum atomic E-state index is -1.54. The summed E-state index contributed by atoms with van der Waals surface area (Å²) in [5.74, 6) is -3.20. The first-order valence-corrected chi connectivity index (χ1v) is 4.93. The van der Waals surface area contributed by atoms with E-state index in [1.165, 1.54) is 19.0 Å². The van der Waals surface area contributed by atoms with Crippen LogP contribution in [0.3, 0.4) is 0 Å². The molecule has 9 nitrogen and oxygen atoms in total. The van der Waals surface area contributed by atoms with Gasteiger partial charge in [0.1, 0.15) is 6.04 Å². The molecule has 3 amide bonds. The highest BCUT2D eigenvalue weighted by Gasteiger charge is 2.23. The van der Waals surface area contributed by atoms with Gasteiger partial charge in [0, 0.05) is 14.1 Å². The Morgan fingerprint density at radius 3 is 2.11 bits per heavy atom. The molecule has 0 saturated carbocycles. The number of urea groups is 1. The predicted octanol–water partition coefficient (Wildman–Crippen LogP) is -1.70. The molecule has 102 valence electrons. The van der Waals surface area contributed by atoms with Gasteiger partial charge in [-0.1, -0.05) is 0 Å². The number of rotatable bonds is 6. The van der Waals surface area contributed by atoms with Gasteiger partial charge in [0.15, 0.2) is 0 Å². The summed E-state index contributed by atoms with van der Waals surface area (Å²) in [5, 5.41) is 21.2. The number of nitrogens with one attached hydrogen (secondary N) is 2. The lowest BCUT2D eigenvalue weighted by atomic mass is 10.2. The van der Waals surface area contributed by atoms with Crippen molar-refractivity contribution in [1.82, 2.24) is 15.5 Å². The first kappa shape index (κ1) is 15.7. The van der Waals surface area contributed by atoms with Crippen molar-refractivity contribution in [1.29, 1.82) is 0 Å². The molecule has 0 aromatic carbocycles. The van der Waals surface area contributed by atoms with E-state index in [9.17, 15) is 19.2 Å². The minimum absolute atomic E-state index is 0.307. The number of carboxylic acid groups (broad SMARTS) is 2. The van der Waals surface area contributed by atoms with Crippen molar-refractivity contribution in [3.05, 3.63) is 0 Å². The molecule has 0 spiro atoms. The molecule has 9 heteroatoms. The number of carbonyl (C=O) groups excluding carboxylic acids is 2. The molecule has 18 heavy (non-hydrogen) atoms. The summed E-state index contributed by atoms with van der Waals surface area (Å²) >= 11 is 0. The van der Waals surface area contributed by atoms with Crippen LogP contribution in [-0.4, -0.2) is 65.7 Å². The van der Waals surface area contributed by atoms with E-state index in [-0.39, 0.29) is 12.5 Å². The number of amides is 3. The second-order valence-electron chi connectivity index (χ2n) is 3.60. The van der Waals surface area contributed by atoms with Crippen LogP contribution in [0, 0.1) is 0 Å². The summed E-state index contributed by atoms with van der Waals surface area (Å²) in [4.78, 5) is 44.6. The molecule has 0 radical (unpaired) electrons. The zero-order valence-electron chi connectivity index (χ0n) is 9.97. The zero-order chi connectivity index (χ0) is 14.3. The average molecular weight is 261 g/mol. The van der Waals surface area contributed by atoms with Crippen LogP contribution in [0.15, 0.2) is 0 Å². The molecule has 1 atom stereocenters. The largest absolute Gasteiger partial charge is 0.481 e. The van der Waals surface area contributed by atoms with E-state index in [4.69, 9.17) is 10.2 Å². The molecule has 0 aromatic rings. The van der Waals surface area contributed by atoms with Crippen LogP contribution in [-0.2, 0) is 14.4 Å². The third kappa shape index (κ3) is 6.30. The van der Waals surface area contributed by atoms with Crippen LogP contribution in [0.25, 0.3) is 0 Å². The van der Waals surface area contributed by atoms with Crippen molar-refractivity contribution < 1.29 is 29.4 Å². The highest BCUT2D eigenvalue weighted by molar-refractivity contribution is 5.88. The molecule has 0 aromatic heterocycles. The number of carbonyl (C=O) groups is 4. The van der Waals surface area contributed by atoms with Gasteiger partial charge in [-0.15, -0.1) is 0 Å². The SMILES string of the molecule is CN(C)C(=O)CNC(=O)NC(CC(=O)O)C(=O)O. The van der Waals surface area contributed by atoms with Gasteiger partial charge in [0.05, 0.1) is 13.0 Å². The Morgan fingerprint density at radius 2 is 1.72 bits per heavy atom. The zero-order valence-corrected chi connectivity index (χ0v) is 9.97. The molecule has 0 bridgehead atoms. The molecule has 0 saturated heterocycles. The van der Waals surface area contributed by atoms with Crippen molar-refractivity contribution in [3.8, 4) is 0 Å². The van der Waals surface area contributed by atoms with Gasteiger partial charge in [-0.3, -0.25) is 9.59 Å². The third-order valence-corrected chi connectivity index (χ3v) is 1.88. The standard InChI is InChI=1S/C9H15N3O6/c1-12(2)6(13)4-10-9(18)11-5(8(16)17)3-7(14)15/h5H,3-4H2,1-2H3,(H,14,15)(H,16,17)(H2,10,11,18). The summed E-state index contributed by atoms with van der Waals surface area (Å²) in [6.07, 6.45) is -0.746. The summed E-state index contributed by atoms with van der Waals surface area (Å²) < 4.78 is 0. The molecule has 0 rings (SSSR count). The lowest BCUT2D eigenvalue weighted by molar-refractivity contribution is -0.145. The van der Waals surface area contributed by atoms with Crippen molar-refractivity contribution in [2.45, 2.75) is 12.5 Å². The fraction of sp³-hybridized carbons (Fsp3) is 0.556. The summed E-state index contributed by atoms with van der Waals surface area (Å²) in [7, 11) is 2.98. The van der Waals surface area contributed by atoms with Crippen molar-refractivity contribution in [2.75, 3.05) is 20.6 Å². The molecule has 0 aliphatic heterocycles. The Labute approximate surface area is 103 Å². The van der Waals surface area contributed by atoms with E-state index in [1.54, 1.807) is 0 Å². The van der Waals surface area contributed by atoms with Gasteiger partial charge in [0.25, 0.3) is 0 Å². The van der Waals surface area contributed by atoms with E-state index in [1.807, 2.05) is 5.32 Å². The van der Waals surface area contributed by atoms with Gasteiger partial charge in [0.2, 0.25) is 5.91 Å². The molecular weight excluding hydrogens is 246 g/mol. The van der Waals surface area contributed by atoms with E-state index in [0.717, 1.165) is 0 Å². The fourth-order valence-electron chi connectivity index (χ4n) is 0.898. The monoisotopic (exact) mass is 261 g/mol. The highest BCUT2D eigenvalue weighted by Crippen LogP contribution is 1.92. The van der Waals surface area contributed by atoms with Gasteiger partial charge >= 0.3 is 18.0 Å². The van der Waals surface area contributed by atoms with Gasteiger partial charge in [-0.25, -0.2) is 9.59 Å². The summed E-state index contributed by atoms with van der Waals surface area (Å²) in [6.45, 7) is -0.307. The number of carboxylic acids is 2. The first-order chi connectivity index (χ1) is 8.23. The van der Waals surface area contributed by atoms with E-state index < -0.39 is 30.4 Å². The molecule has 0 aliphatic rings. The number of likely N-dealkylation sites (N-methyl/N-ethyl adjacent to an activating group) is 1. The highest BCUT2D eigenvalue weighted by atomic mass is 16.4. The number of hydrogen-bond acceptors (Lipinski definition) is 4. The minimum Gasteiger partial charge on any atom is -0.481 e. The second-order valence-corrected chi connectivity index (χ2v) is 3.60. The Hall–Kier alpha value is -2.32. The lowest BCUT2D eigenvalue weighted by Crippen LogP contribution is -2.49. The smallest absolute Gasteiger partial charge is 0.326 e. The average Bonchev–Trinajstić information content (AvgIpc) is 2.23. The lowest BCUT2D eigenvalue weighted by Gasteiger charge is -2.14. The molecule has 0 heterocycles. The predicted molar refractivity (Wildman–Crippen MR) is 58.9 cm³/mol. The maximum atomic E-state index is 11.2. The Kier molecular flexibility index (Phi) is 6.18. The van der Waals surface area contributed by atoms with Crippen molar-refractivity contribution in [2.24, 2.45) is 0 Å². The third-order valence-electron chi connectivity index (χ3n) is 1.88. The van der Waals surface area contributed by atoms with Gasteiger partial charge in [-0.05, 0) is 0 Å². The second kappa shape index (κ2) is 7.09. The summed E-state index contributed by atoms with van der Waals surface area (Å²) in [6, 6.07) is -2.46. The molecule has 0 aliphatic carbocycles. The normalized spacial score (nSPS) is 11.2. The van der Waals surface area contributed by atoms with Crippen LogP contribution < -0.4 is 10.6 Å². The van der Waals surface area contributed by atoms with E-state index >= 15 is 0 Å². The number of hydrogen-bond donors (Lipinski definition) is 4. The Balaban J connectivity index is 4.22. The van der Waals surface area contributed by atoms with Crippen molar-refractivity contribution >= 4 is 23.9 Å². The van der Waals surface area contributed by atoms with E-state index in [2.05, 4.69) is 5.32 Å². The molecular formula is C9H15N3O6. The van der Waals surface area contributed by atoms with Crippen molar-refractivity contribution in [3.63, 3.8) is 0 Å². The number of nitrogens with zero attached hydrogens (tertiary/aromatic N) is 1. The molecule has 4 N–H and O–H groups in total. The quantitative estimate of drug-likeness (QED) is 0.450. The van der Waals surface area contributed by atoms with E-state index in [0.29, 0.717) is 0 Å². The molecule has 1 unspecified atom stereocenters. The Morgan fingerprint density at radius 1 is 1.17 bits per heavy atom. The topological polar surface area (TPSA) is 136 Å². The van der Waals surface area contributed by atoms with Crippen LogP contribution in [0.1, 0.15) is 6.42 Å². The number of aliphatic carboxylic acids is 2. The summed E-state index contributed by atoms with van der Waals surface area (Å²) in [5.41, 5.74) is 0. The maximum absolute atomic E-state index is 11.2. The fourth-order valence-corrected chi connectivity index (χ4v) is 0.898. The van der Waals surface area contributed by atoms with Crippen LogP contribution >= 0.6 is 0 Å². The van der Waals surface area contributed by atoms with Gasteiger partial charge < -0.3 is 25.7 Å². The Bertz CT molecular complexity index is 354. The van der Waals surface area contributed by atoms with Crippen LogP contribution in [0.2, 0.25) is 0 Å². The first-order valence-electron chi connectivity index (χ1n) is 4.93. The maximum Gasteiger partial charge on any atom is 0.326 e. The van der Waals surface area contributed by atoms with Crippen LogP contribution in [0.4, 0.5) is 4.79 Å². The van der Waals surface area contributed by atoms with Gasteiger partial charge in [-0.2, -0.15) is 0 Å².